The number of nitrogens with zero attached hydrogens (tertiary/aromatic N) is 3. The van der Waals surface area contributed by atoms with Crippen LogP contribution in [0.3, 0.4) is 0 Å². The highest BCUT2D eigenvalue weighted by Crippen LogP contribution is 2.36. The molecule has 8 heteroatoms. The van der Waals surface area contributed by atoms with Gasteiger partial charge in [-0.3, -0.25) is 14.3 Å². The monoisotopic (exact) mass is 587 g/mol. The molecule has 0 aliphatic heterocycles. The Labute approximate surface area is 257 Å². The zero-order valence-corrected chi connectivity index (χ0v) is 25.5. The number of hydrogen-bond donors (Lipinski definition) is 2. The van der Waals surface area contributed by atoms with Gasteiger partial charge in [0.05, 0.1) is 0 Å². The van der Waals surface area contributed by atoms with Crippen LogP contribution in [0.25, 0.3) is 22.2 Å². The summed E-state index contributed by atoms with van der Waals surface area (Å²) in [4.78, 5) is 36.5. The van der Waals surface area contributed by atoms with Crippen molar-refractivity contribution in [1.29, 1.82) is 0 Å². The summed E-state index contributed by atoms with van der Waals surface area (Å²) < 4.78 is 7.61. The fraction of sp³-hybridized carbons (Fsp3) is 0.222. The lowest BCUT2D eigenvalue weighted by atomic mass is 9.93. The molecular weight excluding hydrogens is 550 g/mol. The molecule has 2 amide bonds. The molecule has 2 aromatic carbocycles. The highest BCUT2D eigenvalue weighted by molar-refractivity contribution is 6.07. The lowest BCUT2D eigenvalue weighted by Gasteiger charge is -2.21. The summed E-state index contributed by atoms with van der Waals surface area (Å²) >= 11 is 0. The van der Waals surface area contributed by atoms with Crippen molar-refractivity contribution >= 4 is 28.4 Å². The summed E-state index contributed by atoms with van der Waals surface area (Å²) in [5.41, 5.74) is 5.31. The normalized spacial score (nSPS) is 11.1. The number of benzene rings is 2. The predicted octanol–water partition coefficient (Wildman–Crippen LogP) is 8.11. The number of fused-ring (bicyclic) bond motifs is 1. The summed E-state index contributed by atoms with van der Waals surface area (Å²) in [6.07, 6.45) is 6.73. The largest absolute Gasteiger partial charge is 0.489 e. The van der Waals surface area contributed by atoms with Crippen LogP contribution >= 0.6 is 0 Å². The number of allylic oxidation sites excluding steroid dienone is 1. The minimum Gasteiger partial charge on any atom is -0.489 e. The average molecular weight is 588 g/mol. The number of hydrogen-bond acceptors (Lipinski definition) is 5. The van der Waals surface area contributed by atoms with Gasteiger partial charge in [0.2, 0.25) is 0 Å². The van der Waals surface area contributed by atoms with Crippen molar-refractivity contribution in [2.24, 2.45) is 0 Å². The van der Waals surface area contributed by atoms with E-state index in [4.69, 9.17) is 4.74 Å². The van der Waals surface area contributed by atoms with Gasteiger partial charge in [0.25, 0.3) is 5.56 Å². The summed E-state index contributed by atoms with van der Waals surface area (Å²) in [5, 5.41) is 6.72. The molecule has 0 saturated heterocycles. The van der Waals surface area contributed by atoms with Crippen molar-refractivity contribution in [3.05, 3.63) is 125 Å². The topological polar surface area (TPSA) is 98.1 Å². The highest BCUT2D eigenvalue weighted by atomic mass is 16.5. The average Bonchev–Trinajstić information content (AvgIpc) is 3.02. The number of amides is 2. The Bertz CT molecular complexity index is 1840. The molecule has 0 unspecified atom stereocenters. The Morgan fingerprint density at radius 3 is 2.27 bits per heavy atom. The van der Waals surface area contributed by atoms with Gasteiger partial charge in [0, 0.05) is 41.8 Å². The zero-order valence-electron chi connectivity index (χ0n) is 25.5. The van der Waals surface area contributed by atoms with E-state index in [9.17, 15) is 9.59 Å². The molecule has 0 aliphatic rings. The van der Waals surface area contributed by atoms with Crippen molar-refractivity contribution in [3.63, 3.8) is 0 Å². The fourth-order valence-corrected chi connectivity index (χ4v) is 5.33. The number of urea groups is 1. The van der Waals surface area contributed by atoms with Gasteiger partial charge in [0.15, 0.2) is 0 Å². The molecule has 0 spiro atoms. The second-order valence-corrected chi connectivity index (χ2v) is 11.2. The number of para-hydroxylation sites is 1. The van der Waals surface area contributed by atoms with Crippen LogP contribution in [0.2, 0.25) is 0 Å². The molecule has 0 aliphatic carbocycles. The van der Waals surface area contributed by atoms with Crippen LogP contribution in [-0.2, 0) is 13.2 Å². The number of rotatable bonds is 10. The molecule has 8 nitrogen and oxygen atoms in total. The second-order valence-electron chi connectivity index (χ2n) is 11.2. The fourth-order valence-electron chi connectivity index (χ4n) is 5.33. The van der Waals surface area contributed by atoms with Crippen LogP contribution in [0.15, 0.2) is 103 Å². The number of pyridine rings is 3. The maximum atomic E-state index is 14.1. The number of carbonyl (C=O) groups is 1. The summed E-state index contributed by atoms with van der Waals surface area (Å²) in [7, 11) is 0. The van der Waals surface area contributed by atoms with Gasteiger partial charge in [-0.25, -0.2) is 9.78 Å². The number of carbonyl (C=O) groups excluding carboxylic acids is 1. The minimum atomic E-state index is -0.503. The first-order chi connectivity index (χ1) is 21.3. The molecule has 0 saturated carbocycles. The molecule has 0 radical (unpaired) electrons. The molecule has 0 atom stereocenters. The third-order valence-corrected chi connectivity index (χ3v) is 7.46. The Morgan fingerprint density at radius 2 is 1.59 bits per heavy atom. The van der Waals surface area contributed by atoms with Crippen LogP contribution in [0.1, 0.15) is 56.2 Å². The van der Waals surface area contributed by atoms with Gasteiger partial charge < -0.3 is 15.4 Å². The van der Waals surface area contributed by atoms with E-state index in [0.717, 1.165) is 22.4 Å². The molecule has 2 N–H and O–H groups in total. The third kappa shape index (κ3) is 6.39. The zero-order chi connectivity index (χ0) is 31.2. The van der Waals surface area contributed by atoms with E-state index >= 15 is 0 Å². The van der Waals surface area contributed by atoms with Gasteiger partial charge >= 0.3 is 6.03 Å². The lowest BCUT2D eigenvalue weighted by Crippen LogP contribution is -2.30. The van der Waals surface area contributed by atoms with Crippen molar-refractivity contribution < 1.29 is 9.53 Å². The molecule has 0 fully saturated rings. The molecule has 5 aromatic rings. The van der Waals surface area contributed by atoms with Gasteiger partial charge in [-0.05, 0) is 70.5 Å². The first-order valence-electron chi connectivity index (χ1n) is 14.7. The molecular formula is C36H37N5O3. The van der Waals surface area contributed by atoms with Crippen molar-refractivity contribution in [2.45, 2.75) is 52.7 Å². The Hall–Kier alpha value is -5.24. The van der Waals surface area contributed by atoms with E-state index in [1.165, 1.54) is 4.57 Å². The van der Waals surface area contributed by atoms with Crippen LogP contribution in [0.5, 0.6) is 5.75 Å². The second kappa shape index (κ2) is 13.4. The Kier molecular flexibility index (Phi) is 9.19. The van der Waals surface area contributed by atoms with E-state index in [1.54, 1.807) is 24.7 Å². The standard InChI is InChI=1S/C36H37N5O3/c1-6-20-41-34-30(14-9-17-38-34)31(26-10-7-11-27(21-26)44-22-25-15-18-37-19-16-25)33(35(41)42)40-36(43)39-32-28(23(2)3)12-8-13-29(32)24(4)5/h6-19,21,23-24H,1,20,22H2,2-5H3,(H2,39,40,43). The van der Waals surface area contributed by atoms with Crippen molar-refractivity contribution in [2.75, 3.05) is 10.6 Å². The van der Waals surface area contributed by atoms with E-state index in [-0.39, 0.29) is 29.6 Å². The number of nitrogens with one attached hydrogen (secondary N) is 2. The quantitative estimate of drug-likeness (QED) is 0.161. The van der Waals surface area contributed by atoms with Crippen LogP contribution in [0.4, 0.5) is 16.2 Å². The first kappa shape index (κ1) is 30.2. The number of ether oxygens (including phenoxy) is 1. The minimum absolute atomic E-state index is 0.143. The van der Waals surface area contributed by atoms with Crippen molar-refractivity contribution in [3.8, 4) is 16.9 Å². The van der Waals surface area contributed by atoms with E-state index in [2.05, 4.69) is 54.9 Å². The maximum Gasteiger partial charge on any atom is 0.323 e. The summed E-state index contributed by atoms with van der Waals surface area (Å²) in [6, 6.07) is 20.5. The molecule has 3 aromatic heterocycles. The first-order valence-corrected chi connectivity index (χ1v) is 14.7. The molecule has 3 heterocycles. The third-order valence-electron chi connectivity index (χ3n) is 7.46. The molecule has 44 heavy (non-hydrogen) atoms. The number of aromatic nitrogens is 3. The van der Waals surface area contributed by atoms with Crippen LogP contribution < -0.4 is 20.9 Å². The highest BCUT2D eigenvalue weighted by Gasteiger charge is 2.22. The maximum absolute atomic E-state index is 14.1. The molecule has 5 rings (SSSR count). The van der Waals surface area contributed by atoms with E-state index in [0.29, 0.717) is 34.5 Å². The molecule has 224 valence electrons. The molecule has 0 bridgehead atoms. The van der Waals surface area contributed by atoms with Crippen LogP contribution in [0, 0.1) is 0 Å². The van der Waals surface area contributed by atoms with Gasteiger partial charge in [-0.15, -0.1) is 6.58 Å². The predicted molar refractivity (Wildman–Crippen MR) is 177 cm³/mol. The van der Waals surface area contributed by atoms with Gasteiger partial charge in [-0.2, -0.15) is 0 Å². The Morgan fingerprint density at radius 1 is 0.909 bits per heavy atom. The number of anilines is 2. The van der Waals surface area contributed by atoms with E-state index < -0.39 is 6.03 Å². The van der Waals surface area contributed by atoms with Gasteiger partial charge in [-0.1, -0.05) is 64.1 Å². The SMILES string of the molecule is C=CCn1c(=O)c(NC(=O)Nc2c(C(C)C)cccc2C(C)C)c(-c2cccc(OCc3ccncc3)c2)c2cccnc21. The van der Waals surface area contributed by atoms with Gasteiger partial charge in [0.1, 0.15) is 23.7 Å². The summed E-state index contributed by atoms with van der Waals surface area (Å²) in [5.74, 6) is 0.992. The smallest absolute Gasteiger partial charge is 0.323 e. The Balaban J connectivity index is 1.61. The van der Waals surface area contributed by atoms with Crippen LogP contribution in [-0.4, -0.2) is 20.6 Å². The summed E-state index contributed by atoms with van der Waals surface area (Å²) in [6.45, 7) is 12.8. The van der Waals surface area contributed by atoms with E-state index in [1.807, 2.05) is 66.7 Å². The van der Waals surface area contributed by atoms with Crippen molar-refractivity contribution in [1.82, 2.24) is 14.5 Å². The lowest BCUT2D eigenvalue weighted by molar-refractivity contribution is 0.262.